The number of nitrogens with zero attached hydrogens (tertiary/aromatic N) is 4. The quantitative estimate of drug-likeness (QED) is 0.890. The standard InChI is InChI=1S/C14H19N5/c1-2-4-10-17-11-13-12-9(16-14(11)15)5-3-6-18(12)7-8-19(10)13/h2-8H2,1H3,(H2,15,16). The van der Waals surface area contributed by atoms with Crippen LogP contribution in [0, 0.1) is 0 Å². The van der Waals surface area contributed by atoms with Gasteiger partial charge in [0.05, 0.1) is 16.9 Å². The second kappa shape index (κ2) is 3.85. The first kappa shape index (κ1) is 11.1. The molecule has 0 spiro atoms. The maximum atomic E-state index is 6.12. The van der Waals surface area contributed by atoms with E-state index in [0.717, 1.165) is 44.4 Å². The van der Waals surface area contributed by atoms with Crippen LogP contribution in [0.1, 0.15) is 31.3 Å². The highest BCUT2D eigenvalue weighted by atomic mass is 15.2. The molecule has 0 saturated heterocycles. The van der Waals surface area contributed by atoms with Gasteiger partial charge in [-0.2, -0.15) is 0 Å². The first-order valence-corrected chi connectivity index (χ1v) is 7.22. The van der Waals surface area contributed by atoms with E-state index in [1.807, 2.05) is 0 Å². The first-order valence-electron chi connectivity index (χ1n) is 7.22. The lowest BCUT2D eigenvalue weighted by atomic mass is 10.0. The van der Waals surface area contributed by atoms with Crippen molar-refractivity contribution in [2.45, 2.75) is 39.2 Å². The molecule has 0 fully saturated rings. The van der Waals surface area contributed by atoms with Crippen LogP contribution in [0.15, 0.2) is 0 Å². The Morgan fingerprint density at radius 2 is 2.11 bits per heavy atom. The molecule has 2 aromatic rings. The Hall–Kier alpha value is -1.78. The monoisotopic (exact) mass is 257 g/mol. The summed E-state index contributed by atoms with van der Waals surface area (Å²) in [4.78, 5) is 11.8. The van der Waals surface area contributed by atoms with Gasteiger partial charge in [-0.1, -0.05) is 6.92 Å². The van der Waals surface area contributed by atoms with Gasteiger partial charge in [0, 0.05) is 26.1 Å². The van der Waals surface area contributed by atoms with Crippen LogP contribution in [0.25, 0.3) is 11.0 Å². The minimum atomic E-state index is 0.605. The Bertz CT molecular complexity index is 658. The molecule has 0 aliphatic carbocycles. The van der Waals surface area contributed by atoms with Crippen molar-refractivity contribution in [2.24, 2.45) is 0 Å². The molecule has 0 unspecified atom stereocenters. The number of aryl methyl sites for hydroxylation is 2. The molecule has 5 nitrogen and oxygen atoms in total. The number of hydrogen-bond donors (Lipinski definition) is 1. The fourth-order valence-corrected chi connectivity index (χ4v) is 3.46. The SMILES string of the molecule is CCCc1nc2c(N)nc3c4c2n1CCN4CCC3. The highest BCUT2D eigenvalue weighted by Gasteiger charge is 2.29. The predicted octanol–water partition coefficient (Wildman–Crippen LogP) is 1.73. The molecular weight excluding hydrogens is 238 g/mol. The number of nitrogen functional groups attached to an aromatic ring is 1. The average Bonchev–Trinajstić information content (AvgIpc) is 2.78. The van der Waals surface area contributed by atoms with Crippen molar-refractivity contribution in [1.29, 1.82) is 0 Å². The van der Waals surface area contributed by atoms with Crippen molar-refractivity contribution >= 4 is 22.5 Å². The van der Waals surface area contributed by atoms with Crippen LogP contribution in [0.4, 0.5) is 11.5 Å². The molecule has 0 bridgehead atoms. The van der Waals surface area contributed by atoms with Gasteiger partial charge in [-0.15, -0.1) is 0 Å². The topological polar surface area (TPSA) is 60.0 Å². The van der Waals surface area contributed by atoms with Crippen LogP contribution < -0.4 is 10.6 Å². The van der Waals surface area contributed by atoms with Crippen molar-refractivity contribution in [3.63, 3.8) is 0 Å². The molecule has 0 atom stereocenters. The summed E-state index contributed by atoms with van der Waals surface area (Å²) in [5.74, 6) is 1.78. The van der Waals surface area contributed by atoms with Gasteiger partial charge >= 0.3 is 0 Å². The zero-order valence-electron chi connectivity index (χ0n) is 11.3. The van der Waals surface area contributed by atoms with Crippen LogP contribution in [0.5, 0.6) is 0 Å². The van der Waals surface area contributed by atoms with Gasteiger partial charge in [0.2, 0.25) is 0 Å². The summed E-state index contributed by atoms with van der Waals surface area (Å²) in [6.07, 6.45) is 4.35. The number of anilines is 2. The molecule has 2 aliphatic heterocycles. The summed E-state index contributed by atoms with van der Waals surface area (Å²) in [6.45, 7) is 5.44. The van der Waals surface area contributed by atoms with Crippen LogP contribution in [0.2, 0.25) is 0 Å². The van der Waals surface area contributed by atoms with Gasteiger partial charge < -0.3 is 15.2 Å². The lowest BCUT2D eigenvalue weighted by molar-refractivity contribution is 0.586. The molecule has 5 heteroatoms. The van der Waals surface area contributed by atoms with Gasteiger partial charge in [0.15, 0.2) is 5.82 Å². The highest BCUT2D eigenvalue weighted by Crippen LogP contribution is 2.38. The van der Waals surface area contributed by atoms with Gasteiger partial charge in [-0.3, -0.25) is 0 Å². The van der Waals surface area contributed by atoms with E-state index in [1.165, 1.54) is 29.1 Å². The number of aromatic nitrogens is 3. The molecule has 100 valence electrons. The second-order valence-corrected chi connectivity index (χ2v) is 5.51. The minimum absolute atomic E-state index is 0.605. The van der Waals surface area contributed by atoms with E-state index in [4.69, 9.17) is 10.7 Å². The van der Waals surface area contributed by atoms with Crippen LogP contribution in [-0.2, 0) is 19.4 Å². The molecule has 0 saturated carbocycles. The number of imidazole rings is 1. The highest BCUT2D eigenvalue weighted by molar-refractivity contribution is 5.97. The number of rotatable bonds is 2. The van der Waals surface area contributed by atoms with Gasteiger partial charge in [0.1, 0.15) is 11.3 Å². The Morgan fingerprint density at radius 1 is 1.21 bits per heavy atom. The zero-order valence-corrected chi connectivity index (χ0v) is 11.3. The van der Waals surface area contributed by atoms with E-state index in [9.17, 15) is 0 Å². The molecular formula is C14H19N5. The largest absolute Gasteiger partial charge is 0.382 e. The van der Waals surface area contributed by atoms with Crippen molar-refractivity contribution in [2.75, 3.05) is 23.7 Å². The molecule has 2 N–H and O–H groups in total. The molecule has 2 aromatic heterocycles. The maximum Gasteiger partial charge on any atom is 0.152 e. The average molecular weight is 257 g/mol. The second-order valence-electron chi connectivity index (χ2n) is 5.51. The summed E-state index contributed by atoms with van der Waals surface area (Å²) in [6, 6.07) is 0. The predicted molar refractivity (Wildman–Crippen MR) is 76.5 cm³/mol. The lowest BCUT2D eigenvalue weighted by Gasteiger charge is -2.35. The lowest BCUT2D eigenvalue weighted by Crippen LogP contribution is -2.36. The van der Waals surface area contributed by atoms with Crippen molar-refractivity contribution in [3.05, 3.63) is 11.5 Å². The number of nitrogens with two attached hydrogens (primary N) is 1. The Kier molecular flexibility index (Phi) is 2.25. The van der Waals surface area contributed by atoms with Crippen molar-refractivity contribution in [1.82, 2.24) is 14.5 Å². The normalized spacial score (nSPS) is 17.2. The van der Waals surface area contributed by atoms with Crippen LogP contribution >= 0.6 is 0 Å². The summed E-state index contributed by atoms with van der Waals surface area (Å²) in [5.41, 5.74) is 10.7. The Balaban J connectivity index is 2.07. The molecule has 0 aromatic carbocycles. The fourth-order valence-electron chi connectivity index (χ4n) is 3.46. The van der Waals surface area contributed by atoms with Crippen molar-refractivity contribution in [3.8, 4) is 0 Å². The smallest absolute Gasteiger partial charge is 0.152 e. The number of hydrogen-bond acceptors (Lipinski definition) is 4. The van der Waals surface area contributed by atoms with E-state index in [2.05, 4.69) is 21.4 Å². The van der Waals surface area contributed by atoms with Gasteiger partial charge in [0.25, 0.3) is 0 Å². The molecule has 0 amide bonds. The summed E-state index contributed by atoms with van der Waals surface area (Å²) in [7, 11) is 0. The molecule has 2 aliphatic rings. The third-order valence-corrected chi connectivity index (χ3v) is 4.27. The fraction of sp³-hybridized carbons (Fsp3) is 0.571. The maximum absolute atomic E-state index is 6.12. The molecule has 4 heterocycles. The van der Waals surface area contributed by atoms with E-state index in [0.29, 0.717) is 5.82 Å². The van der Waals surface area contributed by atoms with Gasteiger partial charge in [-0.05, 0) is 19.3 Å². The van der Waals surface area contributed by atoms with E-state index in [1.54, 1.807) is 0 Å². The summed E-state index contributed by atoms with van der Waals surface area (Å²) < 4.78 is 2.37. The summed E-state index contributed by atoms with van der Waals surface area (Å²) >= 11 is 0. The Labute approximate surface area is 112 Å². The van der Waals surface area contributed by atoms with Crippen LogP contribution in [-0.4, -0.2) is 27.6 Å². The van der Waals surface area contributed by atoms with Gasteiger partial charge in [-0.25, -0.2) is 9.97 Å². The summed E-state index contributed by atoms with van der Waals surface area (Å²) in [5, 5.41) is 0. The number of pyridine rings is 1. The minimum Gasteiger partial charge on any atom is -0.382 e. The zero-order chi connectivity index (χ0) is 13.0. The van der Waals surface area contributed by atoms with E-state index in [-0.39, 0.29) is 0 Å². The molecule has 19 heavy (non-hydrogen) atoms. The van der Waals surface area contributed by atoms with Crippen LogP contribution in [0.3, 0.4) is 0 Å². The first-order chi connectivity index (χ1) is 9.29. The van der Waals surface area contributed by atoms with E-state index >= 15 is 0 Å². The third kappa shape index (κ3) is 1.41. The molecule has 0 radical (unpaired) electrons. The third-order valence-electron chi connectivity index (χ3n) is 4.27. The Morgan fingerprint density at radius 3 is 2.95 bits per heavy atom. The van der Waals surface area contributed by atoms with Crippen molar-refractivity contribution < 1.29 is 0 Å². The molecule has 4 rings (SSSR count). The van der Waals surface area contributed by atoms with E-state index < -0.39 is 0 Å².